The molecule has 0 saturated carbocycles. The molecule has 144 valence electrons. The molecular formula is C23H19N3O3. The molecule has 2 aromatic carbocycles. The van der Waals surface area contributed by atoms with E-state index in [0.29, 0.717) is 28.6 Å². The van der Waals surface area contributed by atoms with Crippen LogP contribution in [0.25, 0.3) is 11.5 Å². The quantitative estimate of drug-likeness (QED) is 0.498. The van der Waals surface area contributed by atoms with Crippen LogP contribution in [0.4, 0.5) is 5.69 Å². The molecule has 0 spiro atoms. The summed E-state index contributed by atoms with van der Waals surface area (Å²) in [5.74, 6) is 2.37. The van der Waals surface area contributed by atoms with Crippen molar-refractivity contribution in [1.82, 2.24) is 9.97 Å². The maximum absolute atomic E-state index is 12.6. The number of hydrogen-bond donors (Lipinski definition) is 1. The van der Waals surface area contributed by atoms with Crippen molar-refractivity contribution >= 4 is 11.6 Å². The third-order valence-electron chi connectivity index (χ3n) is 4.38. The maximum Gasteiger partial charge on any atom is 0.255 e. The second-order valence-corrected chi connectivity index (χ2v) is 6.51. The molecular weight excluding hydrogens is 366 g/mol. The first-order chi connectivity index (χ1) is 14.1. The molecule has 1 amide bonds. The van der Waals surface area contributed by atoms with Crippen molar-refractivity contribution in [3.8, 4) is 23.0 Å². The van der Waals surface area contributed by atoms with Gasteiger partial charge in [-0.2, -0.15) is 0 Å². The fourth-order valence-electron chi connectivity index (χ4n) is 2.75. The summed E-state index contributed by atoms with van der Waals surface area (Å²) < 4.78 is 11.4. The Kier molecular flexibility index (Phi) is 5.07. The summed E-state index contributed by atoms with van der Waals surface area (Å²) >= 11 is 0. The van der Waals surface area contributed by atoms with E-state index in [0.717, 1.165) is 17.0 Å². The Balaban J connectivity index is 1.46. The molecule has 2 heterocycles. The highest BCUT2D eigenvalue weighted by Gasteiger charge is 2.11. The van der Waals surface area contributed by atoms with Crippen LogP contribution in [0.2, 0.25) is 0 Å². The topological polar surface area (TPSA) is 77.2 Å². The number of aryl methyl sites for hydroxylation is 2. The molecule has 0 saturated heterocycles. The number of benzene rings is 2. The van der Waals surface area contributed by atoms with Gasteiger partial charge in [0.2, 0.25) is 5.89 Å². The van der Waals surface area contributed by atoms with Gasteiger partial charge in [0.05, 0.1) is 11.9 Å². The number of oxazole rings is 1. The van der Waals surface area contributed by atoms with Crippen LogP contribution in [-0.4, -0.2) is 15.9 Å². The molecule has 6 heteroatoms. The van der Waals surface area contributed by atoms with Crippen LogP contribution in [0, 0.1) is 13.8 Å². The number of rotatable bonds is 5. The van der Waals surface area contributed by atoms with Gasteiger partial charge >= 0.3 is 0 Å². The molecule has 0 aliphatic carbocycles. The van der Waals surface area contributed by atoms with Gasteiger partial charge < -0.3 is 14.5 Å². The number of anilines is 1. The van der Waals surface area contributed by atoms with E-state index in [9.17, 15) is 4.79 Å². The average Bonchev–Trinajstić information content (AvgIpc) is 3.08. The standard InChI is InChI=1S/C23H19N3O3/c1-15-16(2)28-23(25-15)18-5-3-6-19(13-18)26-22(27)17-8-10-20(11-9-17)29-21-7-4-12-24-14-21/h3-14H,1-2H3,(H,26,27). The van der Waals surface area contributed by atoms with Crippen molar-refractivity contribution in [3.63, 3.8) is 0 Å². The molecule has 1 N–H and O–H groups in total. The summed E-state index contributed by atoms with van der Waals surface area (Å²) in [6, 6.07) is 17.9. The largest absolute Gasteiger partial charge is 0.456 e. The monoisotopic (exact) mass is 385 g/mol. The molecule has 6 nitrogen and oxygen atoms in total. The Bertz CT molecular complexity index is 1120. The number of hydrogen-bond acceptors (Lipinski definition) is 5. The Morgan fingerprint density at radius 3 is 2.52 bits per heavy atom. The summed E-state index contributed by atoms with van der Waals surface area (Å²) in [7, 11) is 0. The van der Waals surface area contributed by atoms with Gasteiger partial charge in [-0.25, -0.2) is 4.98 Å². The zero-order chi connectivity index (χ0) is 20.2. The number of nitrogens with zero attached hydrogens (tertiary/aromatic N) is 2. The van der Waals surface area contributed by atoms with Gasteiger partial charge in [-0.3, -0.25) is 9.78 Å². The minimum atomic E-state index is -0.213. The van der Waals surface area contributed by atoms with E-state index in [1.165, 1.54) is 0 Å². The fourth-order valence-corrected chi connectivity index (χ4v) is 2.75. The van der Waals surface area contributed by atoms with Gasteiger partial charge in [0.15, 0.2) is 0 Å². The molecule has 0 aliphatic rings. The average molecular weight is 385 g/mol. The molecule has 2 aromatic heterocycles. The number of ether oxygens (including phenoxy) is 1. The summed E-state index contributed by atoms with van der Waals surface area (Å²) in [5.41, 5.74) is 2.84. The summed E-state index contributed by atoms with van der Waals surface area (Å²) in [6.45, 7) is 3.77. The highest BCUT2D eigenvalue weighted by molar-refractivity contribution is 6.04. The second kappa shape index (κ2) is 7.98. The van der Waals surface area contributed by atoms with E-state index in [1.807, 2.05) is 44.2 Å². The highest BCUT2D eigenvalue weighted by Crippen LogP contribution is 2.25. The van der Waals surface area contributed by atoms with Gasteiger partial charge in [0.1, 0.15) is 17.3 Å². The van der Waals surface area contributed by atoms with E-state index in [2.05, 4.69) is 15.3 Å². The zero-order valence-corrected chi connectivity index (χ0v) is 16.0. The van der Waals surface area contributed by atoms with Crippen LogP contribution < -0.4 is 10.1 Å². The number of carbonyl (C=O) groups excluding carboxylic acids is 1. The van der Waals surface area contributed by atoms with Gasteiger partial charge in [-0.15, -0.1) is 0 Å². The summed E-state index contributed by atoms with van der Waals surface area (Å²) in [6.07, 6.45) is 3.31. The smallest absolute Gasteiger partial charge is 0.255 e. The normalized spacial score (nSPS) is 10.6. The van der Waals surface area contributed by atoms with Crippen LogP contribution in [0.5, 0.6) is 11.5 Å². The van der Waals surface area contributed by atoms with E-state index in [-0.39, 0.29) is 5.91 Å². The predicted molar refractivity (Wildman–Crippen MR) is 110 cm³/mol. The molecule has 0 atom stereocenters. The van der Waals surface area contributed by atoms with Crippen LogP contribution in [0.3, 0.4) is 0 Å². The van der Waals surface area contributed by atoms with Crippen molar-refractivity contribution < 1.29 is 13.9 Å². The molecule has 4 aromatic rings. The zero-order valence-electron chi connectivity index (χ0n) is 16.0. The minimum absolute atomic E-state index is 0.213. The van der Waals surface area contributed by atoms with Crippen molar-refractivity contribution in [2.24, 2.45) is 0 Å². The maximum atomic E-state index is 12.6. The Morgan fingerprint density at radius 1 is 1.00 bits per heavy atom. The summed E-state index contributed by atoms with van der Waals surface area (Å²) in [4.78, 5) is 21.0. The van der Waals surface area contributed by atoms with Gasteiger partial charge in [0.25, 0.3) is 5.91 Å². The lowest BCUT2D eigenvalue weighted by atomic mass is 10.1. The molecule has 0 aliphatic heterocycles. The molecule has 0 unspecified atom stereocenters. The third-order valence-corrected chi connectivity index (χ3v) is 4.38. The van der Waals surface area contributed by atoms with E-state index in [4.69, 9.17) is 9.15 Å². The van der Waals surface area contributed by atoms with Crippen LogP contribution in [0.15, 0.2) is 77.5 Å². The SMILES string of the molecule is Cc1nc(-c2cccc(NC(=O)c3ccc(Oc4cccnc4)cc3)c2)oc1C. The molecule has 4 rings (SSSR count). The van der Waals surface area contributed by atoms with Crippen molar-refractivity contribution in [2.75, 3.05) is 5.32 Å². The van der Waals surface area contributed by atoms with Crippen LogP contribution in [0.1, 0.15) is 21.8 Å². The predicted octanol–water partition coefficient (Wildman–Crippen LogP) is 5.40. The first kappa shape index (κ1) is 18.4. The number of carbonyl (C=O) groups is 1. The van der Waals surface area contributed by atoms with Crippen LogP contribution in [-0.2, 0) is 0 Å². The molecule has 0 fully saturated rings. The first-order valence-electron chi connectivity index (χ1n) is 9.12. The third kappa shape index (κ3) is 4.32. The van der Waals surface area contributed by atoms with Crippen molar-refractivity contribution in [2.45, 2.75) is 13.8 Å². The van der Waals surface area contributed by atoms with Gasteiger partial charge in [-0.1, -0.05) is 6.07 Å². The van der Waals surface area contributed by atoms with E-state index in [1.54, 1.807) is 42.7 Å². The first-order valence-corrected chi connectivity index (χ1v) is 9.12. The van der Waals surface area contributed by atoms with Crippen molar-refractivity contribution in [1.29, 1.82) is 0 Å². The van der Waals surface area contributed by atoms with Crippen LogP contribution >= 0.6 is 0 Å². The lowest BCUT2D eigenvalue weighted by molar-refractivity contribution is 0.102. The summed E-state index contributed by atoms with van der Waals surface area (Å²) in [5, 5.41) is 2.90. The number of pyridine rings is 1. The number of amides is 1. The fraction of sp³-hybridized carbons (Fsp3) is 0.0870. The van der Waals surface area contributed by atoms with Gasteiger partial charge in [-0.05, 0) is 68.4 Å². The van der Waals surface area contributed by atoms with E-state index < -0.39 is 0 Å². The Labute approximate surface area is 168 Å². The lowest BCUT2D eigenvalue weighted by Gasteiger charge is -2.08. The molecule has 0 bridgehead atoms. The van der Waals surface area contributed by atoms with Gasteiger partial charge in [0, 0.05) is 23.0 Å². The van der Waals surface area contributed by atoms with Crippen molar-refractivity contribution in [3.05, 3.63) is 90.1 Å². The highest BCUT2D eigenvalue weighted by atomic mass is 16.5. The number of aromatic nitrogens is 2. The number of nitrogens with one attached hydrogen (secondary N) is 1. The Hall–Kier alpha value is -3.93. The Morgan fingerprint density at radius 2 is 1.83 bits per heavy atom. The van der Waals surface area contributed by atoms with E-state index >= 15 is 0 Å². The molecule has 0 radical (unpaired) electrons. The second-order valence-electron chi connectivity index (χ2n) is 6.51. The minimum Gasteiger partial charge on any atom is -0.456 e. The lowest BCUT2D eigenvalue weighted by Crippen LogP contribution is -2.11. The molecule has 29 heavy (non-hydrogen) atoms.